The molecular weight excluding hydrogens is 338 g/mol. The van der Waals surface area contributed by atoms with E-state index in [2.05, 4.69) is 0 Å². The highest BCUT2D eigenvalue weighted by atomic mass is 16.2. The predicted molar refractivity (Wildman–Crippen MR) is 107 cm³/mol. The van der Waals surface area contributed by atoms with Crippen LogP contribution in [0.4, 0.5) is 0 Å². The van der Waals surface area contributed by atoms with Crippen LogP contribution in [0, 0.1) is 5.92 Å². The smallest absolute Gasteiger partial charge is 0.239 e. The first-order valence-corrected chi connectivity index (χ1v) is 10.5. The van der Waals surface area contributed by atoms with Crippen molar-refractivity contribution in [3.05, 3.63) is 35.9 Å². The van der Waals surface area contributed by atoms with Gasteiger partial charge in [-0.25, -0.2) is 0 Å². The van der Waals surface area contributed by atoms with Crippen LogP contribution in [0.1, 0.15) is 50.5 Å². The number of nitrogens with zero attached hydrogens (tertiary/aromatic N) is 2. The molecule has 0 spiro atoms. The Balaban J connectivity index is 1.39. The second-order valence-electron chi connectivity index (χ2n) is 8.04. The van der Waals surface area contributed by atoms with Crippen molar-refractivity contribution >= 4 is 11.8 Å². The standard InChI is InChI=1S/C22H33N3O2/c23-20(17-19-9-5-2-6-10-19)22(27)25-15-13-24(14-16-25)21(26)12-11-18-7-3-1-4-8-18/h2,5-6,9-10,18,20H,1,3-4,7-8,11-17,23H2/t20-/m0/s1. The normalized spacial score (nSPS) is 19.7. The highest BCUT2D eigenvalue weighted by Crippen LogP contribution is 2.27. The number of hydrogen-bond acceptors (Lipinski definition) is 3. The number of hydrogen-bond donors (Lipinski definition) is 1. The fraction of sp³-hybridized carbons (Fsp3) is 0.636. The summed E-state index contributed by atoms with van der Waals surface area (Å²) in [5.41, 5.74) is 7.21. The topological polar surface area (TPSA) is 66.6 Å². The Morgan fingerprint density at radius 1 is 0.963 bits per heavy atom. The van der Waals surface area contributed by atoms with Gasteiger partial charge in [-0.15, -0.1) is 0 Å². The fourth-order valence-electron chi connectivity index (χ4n) is 4.33. The van der Waals surface area contributed by atoms with Crippen molar-refractivity contribution in [1.29, 1.82) is 0 Å². The Hall–Kier alpha value is -1.88. The molecule has 27 heavy (non-hydrogen) atoms. The van der Waals surface area contributed by atoms with E-state index < -0.39 is 6.04 Å². The van der Waals surface area contributed by atoms with Crippen LogP contribution in [0.25, 0.3) is 0 Å². The van der Waals surface area contributed by atoms with E-state index in [4.69, 9.17) is 5.73 Å². The monoisotopic (exact) mass is 371 g/mol. The second-order valence-corrected chi connectivity index (χ2v) is 8.04. The highest BCUT2D eigenvalue weighted by Gasteiger charge is 2.27. The van der Waals surface area contributed by atoms with Crippen LogP contribution in [0.15, 0.2) is 30.3 Å². The van der Waals surface area contributed by atoms with Gasteiger partial charge < -0.3 is 15.5 Å². The van der Waals surface area contributed by atoms with Crippen molar-refractivity contribution in [1.82, 2.24) is 9.80 Å². The molecule has 0 aromatic heterocycles. The maximum Gasteiger partial charge on any atom is 0.239 e. The molecule has 1 heterocycles. The Morgan fingerprint density at radius 2 is 1.59 bits per heavy atom. The molecule has 0 bridgehead atoms. The van der Waals surface area contributed by atoms with Gasteiger partial charge in [-0.05, 0) is 24.3 Å². The van der Waals surface area contributed by atoms with Crippen LogP contribution in [0.3, 0.4) is 0 Å². The average Bonchev–Trinajstić information content (AvgIpc) is 2.73. The molecule has 148 valence electrons. The number of benzene rings is 1. The summed E-state index contributed by atoms with van der Waals surface area (Å²) in [6.07, 6.45) is 8.81. The molecule has 2 amide bonds. The summed E-state index contributed by atoms with van der Waals surface area (Å²) in [5.74, 6) is 0.982. The van der Waals surface area contributed by atoms with Gasteiger partial charge in [-0.2, -0.15) is 0 Å². The van der Waals surface area contributed by atoms with Gasteiger partial charge >= 0.3 is 0 Å². The summed E-state index contributed by atoms with van der Waals surface area (Å²) in [5, 5.41) is 0. The third kappa shape index (κ3) is 5.80. The molecule has 1 saturated heterocycles. The van der Waals surface area contributed by atoms with E-state index in [0.29, 0.717) is 39.0 Å². The third-order valence-electron chi connectivity index (χ3n) is 6.05. The van der Waals surface area contributed by atoms with E-state index in [1.54, 1.807) is 0 Å². The maximum atomic E-state index is 12.6. The molecule has 5 nitrogen and oxygen atoms in total. The number of piperazine rings is 1. The minimum Gasteiger partial charge on any atom is -0.339 e. The van der Waals surface area contributed by atoms with Crippen molar-refractivity contribution in [3.63, 3.8) is 0 Å². The first-order valence-electron chi connectivity index (χ1n) is 10.5. The number of carbonyl (C=O) groups is 2. The molecule has 2 N–H and O–H groups in total. The number of amides is 2. The van der Waals surface area contributed by atoms with Gasteiger partial charge in [0.15, 0.2) is 0 Å². The molecule has 1 aromatic rings. The molecule has 1 aliphatic carbocycles. The van der Waals surface area contributed by atoms with Crippen LogP contribution < -0.4 is 5.73 Å². The van der Waals surface area contributed by atoms with Gasteiger partial charge in [-0.1, -0.05) is 62.4 Å². The van der Waals surface area contributed by atoms with E-state index in [1.807, 2.05) is 40.1 Å². The zero-order chi connectivity index (χ0) is 19.1. The quantitative estimate of drug-likeness (QED) is 0.836. The molecular formula is C22H33N3O2. The molecule has 2 aliphatic rings. The van der Waals surface area contributed by atoms with Crippen LogP contribution in [-0.2, 0) is 16.0 Å². The van der Waals surface area contributed by atoms with E-state index in [9.17, 15) is 9.59 Å². The van der Waals surface area contributed by atoms with E-state index in [-0.39, 0.29) is 11.8 Å². The summed E-state index contributed by atoms with van der Waals surface area (Å²) in [7, 11) is 0. The molecule has 1 atom stereocenters. The number of nitrogens with two attached hydrogens (primary N) is 1. The Labute approximate surface area is 162 Å². The average molecular weight is 372 g/mol. The van der Waals surface area contributed by atoms with Crippen LogP contribution >= 0.6 is 0 Å². The van der Waals surface area contributed by atoms with Crippen molar-refractivity contribution < 1.29 is 9.59 Å². The summed E-state index contributed by atoms with van der Waals surface area (Å²) in [6, 6.07) is 9.36. The van der Waals surface area contributed by atoms with Crippen molar-refractivity contribution in [2.45, 2.75) is 57.4 Å². The maximum absolute atomic E-state index is 12.6. The van der Waals surface area contributed by atoms with Gasteiger partial charge in [0.25, 0.3) is 0 Å². The lowest BCUT2D eigenvalue weighted by atomic mass is 9.86. The van der Waals surface area contributed by atoms with Crippen LogP contribution in [0.2, 0.25) is 0 Å². The zero-order valence-electron chi connectivity index (χ0n) is 16.3. The molecule has 0 radical (unpaired) electrons. The predicted octanol–water partition coefficient (Wildman–Crippen LogP) is 2.59. The molecule has 0 unspecified atom stereocenters. The Kier molecular flexibility index (Phi) is 7.27. The Morgan fingerprint density at radius 3 is 2.26 bits per heavy atom. The lowest BCUT2D eigenvalue weighted by Crippen LogP contribution is -2.54. The lowest BCUT2D eigenvalue weighted by molar-refractivity contribution is -0.140. The van der Waals surface area contributed by atoms with E-state index >= 15 is 0 Å². The van der Waals surface area contributed by atoms with Crippen molar-refractivity contribution in [2.24, 2.45) is 11.7 Å². The highest BCUT2D eigenvalue weighted by molar-refractivity contribution is 5.82. The van der Waals surface area contributed by atoms with Gasteiger partial charge in [0.1, 0.15) is 0 Å². The van der Waals surface area contributed by atoms with Gasteiger partial charge in [0.2, 0.25) is 11.8 Å². The fourth-order valence-corrected chi connectivity index (χ4v) is 4.33. The van der Waals surface area contributed by atoms with E-state index in [1.165, 1.54) is 32.1 Å². The largest absolute Gasteiger partial charge is 0.339 e. The molecule has 1 aliphatic heterocycles. The summed E-state index contributed by atoms with van der Waals surface area (Å²) >= 11 is 0. The SMILES string of the molecule is N[C@@H](Cc1ccccc1)C(=O)N1CCN(C(=O)CCC2CCCCC2)CC1. The summed E-state index contributed by atoms with van der Waals surface area (Å²) in [6.45, 7) is 2.45. The first-order chi connectivity index (χ1) is 13.1. The van der Waals surface area contributed by atoms with Crippen LogP contribution in [-0.4, -0.2) is 53.8 Å². The number of carbonyl (C=O) groups excluding carboxylic acids is 2. The van der Waals surface area contributed by atoms with Crippen molar-refractivity contribution in [2.75, 3.05) is 26.2 Å². The van der Waals surface area contributed by atoms with Gasteiger partial charge in [0, 0.05) is 32.6 Å². The van der Waals surface area contributed by atoms with Crippen LogP contribution in [0.5, 0.6) is 0 Å². The lowest BCUT2D eigenvalue weighted by Gasteiger charge is -2.36. The molecule has 3 rings (SSSR count). The first kappa shape index (κ1) is 19.9. The minimum absolute atomic E-state index is 0.00634. The zero-order valence-corrected chi connectivity index (χ0v) is 16.3. The molecule has 5 heteroatoms. The molecule has 1 aromatic carbocycles. The molecule has 2 fully saturated rings. The van der Waals surface area contributed by atoms with Crippen molar-refractivity contribution in [3.8, 4) is 0 Å². The third-order valence-corrected chi connectivity index (χ3v) is 6.05. The molecule has 1 saturated carbocycles. The van der Waals surface area contributed by atoms with Gasteiger partial charge in [0.05, 0.1) is 6.04 Å². The van der Waals surface area contributed by atoms with E-state index in [0.717, 1.165) is 17.9 Å². The Bertz CT molecular complexity index is 605. The summed E-state index contributed by atoms with van der Waals surface area (Å²) in [4.78, 5) is 28.8. The summed E-state index contributed by atoms with van der Waals surface area (Å²) < 4.78 is 0. The minimum atomic E-state index is -0.513. The van der Waals surface area contributed by atoms with Gasteiger partial charge in [-0.3, -0.25) is 9.59 Å². The second kappa shape index (κ2) is 9.88. The number of rotatable bonds is 6.